The van der Waals surface area contributed by atoms with E-state index in [9.17, 15) is 0 Å². The van der Waals surface area contributed by atoms with E-state index in [2.05, 4.69) is 61.5 Å². The van der Waals surface area contributed by atoms with Crippen molar-refractivity contribution >= 4 is 11.0 Å². The van der Waals surface area contributed by atoms with Gasteiger partial charge in [0, 0.05) is 16.5 Å². The third-order valence-electron chi connectivity index (χ3n) is 4.20. The molecule has 0 atom stereocenters. The maximum Gasteiger partial charge on any atom is 0.138 e. The minimum atomic E-state index is 0.924. The van der Waals surface area contributed by atoms with E-state index in [0.29, 0.717) is 0 Å². The van der Waals surface area contributed by atoms with Gasteiger partial charge in [-0.2, -0.15) is 0 Å². The molecule has 3 aromatic rings. The summed E-state index contributed by atoms with van der Waals surface area (Å²) in [5.74, 6) is 1.00. The molecule has 0 aliphatic carbocycles. The maximum atomic E-state index is 6.15. The molecule has 0 unspecified atom stereocenters. The number of para-hydroxylation sites is 1. The molecule has 0 saturated carbocycles. The molecule has 0 bridgehead atoms. The van der Waals surface area contributed by atoms with Crippen molar-refractivity contribution in [1.29, 1.82) is 0 Å². The molecule has 1 heteroatoms. The van der Waals surface area contributed by atoms with Crippen molar-refractivity contribution in [3.63, 3.8) is 0 Å². The highest BCUT2D eigenvalue weighted by molar-refractivity contribution is 5.88. The van der Waals surface area contributed by atoms with Gasteiger partial charge in [0.2, 0.25) is 0 Å². The second-order valence-corrected chi connectivity index (χ2v) is 5.94. The molecule has 3 rings (SSSR count). The summed E-state index contributed by atoms with van der Waals surface area (Å²) in [6.45, 7) is 2.24. The second-order valence-electron chi connectivity index (χ2n) is 5.94. The molecule has 0 spiro atoms. The SMILES string of the molecule is CCCCC/C=C/Cc1c(-c2ccccc2)oc2ccccc12. The van der Waals surface area contributed by atoms with Crippen LogP contribution in [0, 0.1) is 0 Å². The van der Waals surface area contributed by atoms with Crippen molar-refractivity contribution in [3.05, 3.63) is 72.3 Å². The first-order chi connectivity index (χ1) is 11.4. The zero-order valence-electron chi connectivity index (χ0n) is 13.8. The lowest BCUT2D eigenvalue weighted by Gasteiger charge is -2.01. The largest absolute Gasteiger partial charge is 0.456 e. The number of fused-ring (bicyclic) bond motifs is 1. The van der Waals surface area contributed by atoms with Crippen LogP contribution in [0.15, 0.2) is 71.2 Å². The van der Waals surface area contributed by atoms with Crippen LogP contribution < -0.4 is 0 Å². The number of hydrogen-bond acceptors (Lipinski definition) is 1. The first kappa shape index (κ1) is 15.6. The van der Waals surface area contributed by atoms with Crippen LogP contribution in [-0.4, -0.2) is 0 Å². The van der Waals surface area contributed by atoms with Gasteiger partial charge < -0.3 is 4.42 Å². The lowest BCUT2D eigenvalue weighted by molar-refractivity contribution is 0.628. The lowest BCUT2D eigenvalue weighted by atomic mass is 10.0. The zero-order valence-corrected chi connectivity index (χ0v) is 13.8. The van der Waals surface area contributed by atoms with Crippen LogP contribution in [0.25, 0.3) is 22.3 Å². The molecule has 118 valence electrons. The van der Waals surface area contributed by atoms with Crippen molar-refractivity contribution in [2.75, 3.05) is 0 Å². The van der Waals surface area contributed by atoms with Crippen LogP contribution in [0.3, 0.4) is 0 Å². The Balaban J connectivity index is 1.88. The fraction of sp³-hybridized carbons (Fsp3) is 0.273. The minimum absolute atomic E-state index is 0.924. The molecule has 0 saturated heterocycles. The Bertz CT molecular complexity index is 765. The van der Waals surface area contributed by atoms with E-state index in [1.165, 1.54) is 36.6 Å². The predicted octanol–water partition coefficient (Wildman–Crippen LogP) is 6.78. The third-order valence-corrected chi connectivity index (χ3v) is 4.20. The summed E-state index contributed by atoms with van der Waals surface area (Å²) < 4.78 is 6.15. The number of hydrogen-bond donors (Lipinski definition) is 0. The van der Waals surface area contributed by atoms with E-state index in [0.717, 1.165) is 23.3 Å². The smallest absolute Gasteiger partial charge is 0.138 e. The van der Waals surface area contributed by atoms with Crippen LogP contribution in [0.5, 0.6) is 0 Å². The summed E-state index contributed by atoms with van der Waals surface area (Å²) >= 11 is 0. The van der Waals surface area contributed by atoms with Crippen LogP contribution >= 0.6 is 0 Å². The van der Waals surface area contributed by atoms with Gasteiger partial charge >= 0.3 is 0 Å². The van der Waals surface area contributed by atoms with Gasteiger partial charge in [0.1, 0.15) is 11.3 Å². The summed E-state index contributed by atoms with van der Waals surface area (Å²) in [5.41, 5.74) is 3.41. The topological polar surface area (TPSA) is 13.1 Å². The van der Waals surface area contributed by atoms with Crippen molar-refractivity contribution in [2.45, 2.75) is 39.0 Å². The first-order valence-corrected chi connectivity index (χ1v) is 8.61. The number of furan rings is 1. The fourth-order valence-electron chi connectivity index (χ4n) is 2.96. The summed E-state index contributed by atoms with van der Waals surface area (Å²) in [7, 11) is 0. The summed E-state index contributed by atoms with van der Waals surface area (Å²) in [4.78, 5) is 0. The minimum Gasteiger partial charge on any atom is -0.456 e. The quantitative estimate of drug-likeness (QED) is 0.346. The second kappa shape index (κ2) is 7.82. The number of allylic oxidation sites excluding steroid dienone is 2. The van der Waals surface area contributed by atoms with Gasteiger partial charge in [-0.3, -0.25) is 0 Å². The molecule has 23 heavy (non-hydrogen) atoms. The average Bonchev–Trinajstić information content (AvgIpc) is 2.97. The number of rotatable bonds is 7. The van der Waals surface area contributed by atoms with Gasteiger partial charge in [-0.15, -0.1) is 0 Å². The molecular weight excluding hydrogens is 280 g/mol. The standard InChI is InChI=1S/C22H24O/c1-2-3-4-5-6-10-16-20-19-15-11-12-17-21(19)23-22(20)18-13-8-7-9-14-18/h6-15,17H,2-5,16H2,1H3/b10-6+. The van der Waals surface area contributed by atoms with E-state index >= 15 is 0 Å². The van der Waals surface area contributed by atoms with Crippen LogP contribution in [0.4, 0.5) is 0 Å². The van der Waals surface area contributed by atoms with Gasteiger partial charge in [0.15, 0.2) is 0 Å². The monoisotopic (exact) mass is 304 g/mol. The highest BCUT2D eigenvalue weighted by Gasteiger charge is 2.13. The van der Waals surface area contributed by atoms with Crippen LogP contribution in [-0.2, 0) is 6.42 Å². The Morgan fingerprint density at radius 1 is 0.870 bits per heavy atom. The first-order valence-electron chi connectivity index (χ1n) is 8.61. The third kappa shape index (κ3) is 3.73. The van der Waals surface area contributed by atoms with Gasteiger partial charge in [-0.05, 0) is 25.3 Å². The number of benzene rings is 2. The summed E-state index contributed by atoms with van der Waals surface area (Å²) in [5, 5.41) is 1.23. The van der Waals surface area contributed by atoms with E-state index in [-0.39, 0.29) is 0 Å². The molecule has 0 aliphatic heterocycles. The molecule has 0 radical (unpaired) electrons. The summed E-state index contributed by atoms with van der Waals surface area (Å²) in [6, 6.07) is 18.7. The van der Waals surface area contributed by atoms with Crippen LogP contribution in [0.2, 0.25) is 0 Å². The Labute approximate surface area is 138 Å². The molecule has 0 aliphatic rings. The fourth-order valence-corrected chi connectivity index (χ4v) is 2.96. The molecule has 1 aromatic heterocycles. The highest BCUT2D eigenvalue weighted by Crippen LogP contribution is 2.34. The zero-order chi connectivity index (χ0) is 15.9. The van der Waals surface area contributed by atoms with Crippen LogP contribution in [0.1, 0.15) is 38.2 Å². The predicted molar refractivity (Wildman–Crippen MR) is 98.6 cm³/mol. The molecule has 2 aromatic carbocycles. The molecule has 1 nitrogen and oxygen atoms in total. The molecule has 0 amide bonds. The Morgan fingerprint density at radius 3 is 2.48 bits per heavy atom. The number of unbranched alkanes of at least 4 members (excludes halogenated alkanes) is 3. The lowest BCUT2D eigenvalue weighted by Crippen LogP contribution is -1.84. The Kier molecular flexibility index (Phi) is 5.31. The molecule has 0 N–H and O–H groups in total. The Hall–Kier alpha value is -2.28. The van der Waals surface area contributed by atoms with E-state index < -0.39 is 0 Å². The Morgan fingerprint density at radius 2 is 1.65 bits per heavy atom. The van der Waals surface area contributed by atoms with E-state index in [4.69, 9.17) is 4.42 Å². The van der Waals surface area contributed by atoms with Gasteiger partial charge in [0.25, 0.3) is 0 Å². The van der Waals surface area contributed by atoms with Crippen molar-refractivity contribution in [1.82, 2.24) is 0 Å². The van der Waals surface area contributed by atoms with Gasteiger partial charge in [-0.25, -0.2) is 0 Å². The van der Waals surface area contributed by atoms with E-state index in [1.54, 1.807) is 0 Å². The molecule has 1 heterocycles. The highest BCUT2D eigenvalue weighted by atomic mass is 16.3. The van der Waals surface area contributed by atoms with Crippen molar-refractivity contribution < 1.29 is 4.42 Å². The maximum absolute atomic E-state index is 6.15. The van der Waals surface area contributed by atoms with Crippen molar-refractivity contribution in [3.8, 4) is 11.3 Å². The average molecular weight is 304 g/mol. The van der Waals surface area contributed by atoms with Gasteiger partial charge in [-0.1, -0.05) is 80.4 Å². The van der Waals surface area contributed by atoms with Crippen molar-refractivity contribution in [2.24, 2.45) is 0 Å². The van der Waals surface area contributed by atoms with Gasteiger partial charge in [0.05, 0.1) is 0 Å². The molecular formula is C22H24O. The normalized spacial score (nSPS) is 11.5. The summed E-state index contributed by atoms with van der Waals surface area (Å²) in [6.07, 6.45) is 10.6. The van der Waals surface area contributed by atoms with E-state index in [1.807, 2.05) is 12.1 Å². The molecule has 0 fully saturated rings.